The van der Waals surface area contributed by atoms with E-state index < -0.39 is 5.97 Å². The fourth-order valence-electron chi connectivity index (χ4n) is 2.38. The standard InChI is InChI=1S/C20H18N4O3/c1-27-20(26)15-5-2-6-17(10-15)24-18-8-7-16(13-22-18)19(25)23-12-14-4-3-9-21-11-14/h2-11,13H,12H2,1H3,(H,22,24)(H,23,25). The summed E-state index contributed by atoms with van der Waals surface area (Å²) >= 11 is 0. The fraction of sp³-hybridized carbons (Fsp3) is 0.100. The van der Waals surface area contributed by atoms with Gasteiger partial charge in [-0.25, -0.2) is 9.78 Å². The fourth-order valence-corrected chi connectivity index (χ4v) is 2.38. The first-order valence-electron chi connectivity index (χ1n) is 8.24. The van der Waals surface area contributed by atoms with Gasteiger partial charge in [0.25, 0.3) is 5.91 Å². The van der Waals surface area contributed by atoms with Crippen molar-refractivity contribution in [3.63, 3.8) is 0 Å². The number of hydrogen-bond donors (Lipinski definition) is 2. The quantitative estimate of drug-likeness (QED) is 0.655. The second-order valence-electron chi connectivity index (χ2n) is 5.67. The molecular formula is C20H18N4O3. The molecule has 0 radical (unpaired) electrons. The van der Waals surface area contributed by atoms with E-state index in [1.165, 1.54) is 13.3 Å². The molecule has 0 spiro atoms. The van der Waals surface area contributed by atoms with Crippen LogP contribution >= 0.6 is 0 Å². The minimum Gasteiger partial charge on any atom is -0.465 e. The Bertz CT molecular complexity index is 927. The van der Waals surface area contributed by atoms with Gasteiger partial charge in [-0.2, -0.15) is 0 Å². The van der Waals surface area contributed by atoms with Gasteiger partial charge >= 0.3 is 5.97 Å². The first kappa shape index (κ1) is 18.1. The summed E-state index contributed by atoms with van der Waals surface area (Å²) < 4.78 is 4.71. The Morgan fingerprint density at radius 2 is 1.93 bits per heavy atom. The minimum atomic E-state index is -0.410. The van der Waals surface area contributed by atoms with Crippen LogP contribution in [0.15, 0.2) is 67.1 Å². The molecule has 0 unspecified atom stereocenters. The summed E-state index contributed by atoms with van der Waals surface area (Å²) in [7, 11) is 1.34. The van der Waals surface area contributed by atoms with E-state index in [4.69, 9.17) is 4.74 Å². The molecule has 0 atom stereocenters. The van der Waals surface area contributed by atoms with Crippen LogP contribution in [-0.2, 0) is 11.3 Å². The highest BCUT2D eigenvalue weighted by Gasteiger charge is 2.08. The smallest absolute Gasteiger partial charge is 0.337 e. The van der Waals surface area contributed by atoms with Crippen molar-refractivity contribution in [3.8, 4) is 0 Å². The molecule has 1 aromatic carbocycles. The average molecular weight is 362 g/mol. The maximum absolute atomic E-state index is 12.2. The Labute approximate surface area is 156 Å². The average Bonchev–Trinajstić information content (AvgIpc) is 2.73. The lowest BCUT2D eigenvalue weighted by molar-refractivity contribution is 0.0600. The zero-order valence-electron chi connectivity index (χ0n) is 14.7. The molecule has 0 saturated heterocycles. The monoisotopic (exact) mass is 362 g/mol. The summed E-state index contributed by atoms with van der Waals surface area (Å²) in [5.74, 6) is -0.0707. The number of rotatable bonds is 6. The molecule has 0 aliphatic heterocycles. The molecule has 7 nitrogen and oxygen atoms in total. The summed E-state index contributed by atoms with van der Waals surface area (Å²) in [5, 5.41) is 5.91. The lowest BCUT2D eigenvalue weighted by Gasteiger charge is -2.08. The number of anilines is 2. The largest absolute Gasteiger partial charge is 0.465 e. The topological polar surface area (TPSA) is 93.2 Å². The molecular weight excluding hydrogens is 344 g/mol. The Balaban J connectivity index is 1.61. The molecule has 0 fully saturated rings. The maximum atomic E-state index is 12.2. The van der Waals surface area contributed by atoms with Gasteiger partial charge in [0, 0.05) is 30.8 Å². The van der Waals surface area contributed by atoms with Gasteiger partial charge in [0.2, 0.25) is 0 Å². The molecule has 1 amide bonds. The van der Waals surface area contributed by atoms with Crippen molar-refractivity contribution in [2.24, 2.45) is 0 Å². The van der Waals surface area contributed by atoms with Crippen LogP contribution in [0.1, 0.15) is 26.3 Å². The van der Waals surface area contributed by atoms with Crippen molar-refractivity contribution in [1.29, 1.82) is 0 Å². The lowest BCUT2D eigenvalue weighted by Crippen LogP contribution is -2.22. The highest BCUT2D eigenvalue weighted by atomic mass is 16.5. The maximum Gasteiger partial charge on any atom is 0.337 e. The number of pyridine rings is 2. The molecule has 2 N–H and O–H groups in total. The number of carbonyl (C=O) groups excluding carboxylic acids is 2. The van der Waals surface area contributed by atoms with Crippen molar-refractivity contribution in [2.45, 2.75) is 6.54 Å². The first-order chi connectivity index (χ1) is 13.2. The van der Waals surface area contributed by atoms with Crippen LogP contribution in [-0.4, -0.2) is 29.0 Å². The number of benzene rings is 1. The zero-order valence-corrected chi connectivity index (χ0v) is 14.7. The number of ether oxygens (including phenoxy) is 1. The molecule has 2 heterocycles. The van der Waals surface area contributed by atoms with Crippen LogP contribution in [0.4, 0.5) is 11.5 Å². The summed E-state index contributed by atoms with van der Waals surface area (Å²) in [6.45, 7) is 0.396. The van der Waals surface area contributed by atoms with Crippen LogP contribution in [0.5, 0.6) is 0 Å². The molecule has 7 heteroatoms. The number of hydrogen-bond acceptors (Lipinski definition) is 6. The zero-order chi connectivity index (χ0) is 19.1. The van der Waals surface area contributed by atoms with Gasteiger partial charge in [0.15, 0.2) is 0 Å². The van der Waals surface area contributed by atoms with Gasteiger partial charge in [0.1, 0.15) is 5.82 Å². The third-order valence-corrected chi connectivity index (χ3v) is 3.76. The molecule has 0 saturated carbocycles. The van der Waals surface area contributed by atoms with Gasteiger partial charge in [-0.1, -0.05) is 12.1 Å². The predicted molar refractivity (Wildman–Crippen MR) is 101 cm³/mol. The molecule has 2 aromatic heterocycles. The molecule has 136 valence electrons. The third-order valence-electron chi connectivity index (χ3n) is 3.76. The van der Waals surface area contributed by atoms with Gasteiger partial charge < -0.3 is 15.4 Å². The van der Waals surface area contributed by atoms with E-state index in [1.54, 1.807) is 42.7 Å². The van der Waals surface area contributed by atoms with E-state index >= 15 is 0 Å². The number of aromatic nitrogens is 2. The van der Waals surface area contributed by atoms with Gasteiger partial charge in [0.05, 0.1) is 18.2 Å². The van der Waals surface area contributed by atoms with Crippen LogP contribution in [0, 0.1) is 0 Å². The molecule has 3 rings (SSSR count). The van der Waals surface area contributed by atoms with E-state index in [9.17, 15) is 9.59 Å². The summed E-state index contributed by atoms with van der Waals surface area (Å²) in [5.41, 5.74) is 2.50. The predicted octanol–water partition coefficient (Wildman–Crippen LogP) is 2.94. The Hall–Kier alpha value is -3.74. The lowest BCUT2D eigenvalue weighted by atomic mass is 10.2. The number of amides is 1. The van der Waals surface area contributed by atoms with E-state index in [2.05, 4.69) is 20.6 Å². The van der Waals surface area contributed by atoms with Gasteiger partial charge in [-0.05, 0) is 42.0 Å². The molecule has 27 heavy (non-hydrogen) atoms. The van der Waals surface area contributed by atoms with Crippen LogP contribution in [0.25, 0.3) is 0 Å². The SMILES string of the molecule is COC(=O)c1cccc(Nc2ccc(C(=O)NCc3cccnc3)cn2)c1. The highest BCUT2D eigenvalue weighted by molar-refractivity contribution is 5.94. The molecule has 0 bridgehead atoms. The van der Waals surface area contributed by atoms with Crippen molar-refractivity contribution in [1.82, 2.24) is 15.3 Å². The van der Waals surface area contributed by atoms with Crippen molar-refractivity contribution in [2.75, 3.05) is 12.4 Å². The number of carbonyl (C=O) groups is 2. The minimum absolute atomic E-state index is 0.217. The van der Waals surface area contributed by atoms with Crippen molar-refractivity contribution in [3.05, 3.63) is 83.8 Å². The Morgan fingerprint density at radius 1 is 1.04 bits per heavy atom. The highest BCUT2D eigenvalue weighted by Crippen LogP contribution is 2.17. The van der Waals surface area contributed by atoms with E-state index in [0.29, 0.717) is 29.2 Å². The first-order valence-corrected chi connectivity index (χ1v) is 8.24. The normalized spacial score (nSPS) is 10.1. The van der Waals surface area contributed by atoms with Crippen LogP contribution in [0.2, 0.25) is 0 Å². The van der Waals surface area contributed by atoms with Gasteiger partial charge in [-0.3, -0.25) is 9.78 Å². The van der Waals surface area contributed by atoms with E-state index in [1.807, 2.05) is 18.2 Å². The van der Waals surface area contributed by atoms with Crippen LogP contribution < -0.4 is 10.6 Å². The van der Waals surface area contributed by atoms with E-state index in [0.717, 1.165) is 5.56 Å². The summed E-state index contributed by atoms with van der Waals surface area (Å²) in [4.78, 5) is 32.0. The number of esters is 1. The number of methoxy groups -OCH3 is 1. The summed E-state index contributed by atoms with van der Waals surface area (Å²) in [6.07, 6.45) is 4.88. The number of nitrogens with one attached hydrogen (secondary N) is 2. The second-order valence-corrected chi connectivity index (χ2v) is 5.67. The molecule has 3 aromatic rings. The second kappa shape index (κ2) is 8.57. The van der Waals surface area contributed by atoms with E-state index in [-0.39, 0.29) is 5.91 Å². The Morgan fingerprint density at radius 3 is 2.63 bits per heavy atom. The number of nitrogens with zero attached hydrogens (tertiary/aromatic N) is 2. The summed E-state index contributed by atoms with van der Waals surface area (Å²) in [6, 6.07) is 14.0. The van der Waals surface area contributed by atoms with Crippen molar-refractivity contribution < 1.29 is 14.3 Å². The van der Waals surface area contributed by atoms with Gasteiger partial charge in [-0.15, -0.1) is 0 Å². The van der Waals surface area contributed by atoms with Crippen molar-refractivity contribution >= 4 is 23.4 Å². The Kier molecular flexibility index (Phi) is 5.73. The molecule has 0 aliphatic rings. The molecule has 0 aliphatic carbocycles. The van der Waals surface area contributed by atoms with Crippen LogP contribution in [0.3, 0.4) is 0 Å². The third kappa shape index (κ3) is 4.88.